The molecule has 0 saturated carbocycles. The van der Waals surface area contributed by atoms with Gasteiger partial charge in [0.15, 0.2) is 23.0 Å². The molecule has 0 saturated heterocycles. The Morgan fingerprint density at radius 3 is 2.50 bits per heavy atom. The number of unbranched alkanes of at least 4 members (excludes halogenated alkanes) is 2. The van der Waals surface area contributed by atoms with Gasteiger partial charge >= 0.3 is 0 Å². The molecule has 7 heteroatoms. The van der Waals surface area contributed by atoms with E-state index in [0.717, 1.165) is 30.2 Å². The lowest BCUT2D eigenvalue weighted by Crippen LogP contribution is -2.33. The highest BCUT2D eigenvalue weighted by molar-refractivity contribution is 6.16. The molecular weight excluding hydrogens is 506 g/mol. The highest BCUT2D eigenvalue weighted by Gasteiger charge is 2.44. The molecule has 0 spiro atoms. The predicted octanol–water partition coefficient (Wildman–Crippen LogP) is 6.83. The maximum absolute atomic E-state index is 13.9. The van der Waals surface area contributed by atoms with Crippen LogP contribution in [0, 0.1) is 0 Å². The van der Waals surface area contributed by atoms with Crippen molar-refractivity contribution in [2.45, 2.75) is 38.6 Å². The first-order valence-corrected chi connectivity index (χ1v) is 13.6. The molecule has 3 aromatic carbocycles. The lowest BCUT2D eigenvalue weighted by Gasteiger charge is -2.27. The Bertz CT molecular complexity index is 1500. The number of furan rings is 1. The van der Waals surface area contributed by atoms with Crippen molar-refractivity contribution in [3.05, 3.63) is 107 Å². The van der Waals surface area contributed by atoms with E-state index in [1.807, 2.05) is 54.6 Å². The fourth-order valence-electron chi connectivity index (χ4n) is 5.09. The number of para-hydroxylation sites is 1. The third kappa shape index (κ3) is 5.45. The Morgan fingerprint density at radius 1 is 0.975 bits per heavy atom. The van der Waals surface area contributed by atoms with E-state index in [1.165, 1.54) is 4.90 Å². The molecule has 40 heavy (non-hydrogen) atoms. The Balaban J connectivity index is 1.52. The molecule has 1 aliphatic heterocycles. The number of hydrogen-bond acceptors (Lipinski definition) is 6. The molecule has 7 nitrogen and oxygen atoms in total. The number of ether oxygens (including phenoxy) is 2. The summed E-state index contributed by atoms with van der Waals surface area (Å²) in [5, 5.41) is 11.8. The van der Waals surface area contributed by atoms with Crippen molar-refractivity contribution in [3.8, 4) is 11.5 Å². The number of ketones is 1. The third-order valence-corrected chi connectivity index (χ3v) is 7.19. The van der Waals surface area contributed by atoms with Gasteiger partial charge in [0.2, 0.25) is 5.78 Å². The standard InChI is InChI=1S/C33H33NO6/c1-3-4-10-19-39-26-16-15-24(21-27(26)38-2)30-29(31(35)28-20-23-13-8-9-14-25(23)40-28)32(36)33(37)34(30)18-17-22-11-6-5-7-12-22/h5-9,11-16,20-21,30,36H,3-4,10,17-19H2,1-2H3/t30-/m1/s1. The maximum Gasteiger partial charge on any atom is 0.290 e. The average Bonchev–Trinajstić information content (AvgIpc) is 3.53. The molecule has 206 valence electrons. The number of amides is 1. The lowest BCUT2D eigenvalue weighted by atomic mass is 9.94. The average molecular weight is 540 g/mol. The number of fused-ring (bicyclic) bond motifs is 1. The Kier molecular flexibility index (Phi) is 8.20. The van der Waals surface area contributed by atoms with Gasteiger partial charge in [-0.15, -0.1) is 0 Å². The fraction of sp³-hybridized carbons (Fsp3) is 0.273. The molecule has 0 bridgehead atoms. The summed E-state index contributed by atoms with van der Waals surface area (Å²) in [6.45, 7) is 2.99. The molecule has 2 heterocycles. The minimum Gasteiger partial charge on any atom is -0.503 e. The summed E-state index contributed by atoms with van der Waals surface area (Å²) in [7, 11) is 1.55. The van der Waals surface area contributed by atoms with Crippen molar-refractivity contribution < 1.29 is 28.6 Å². The highest BCUT2D eigenvalue weighted by Crippen LogP contribution is 2.42. The van der Waals surface area contributed by atoms with E-state index in [2.05, 4.69) is 6.92 Å². The van der Waals surface area contributed by atoms with E-state index in [-0.39, 0.29) is 11.3 Å². The van der Waals surface area contributed by atoms with Gasteiger partial charge in [0, 0.05) is 11.9 Å². The summed E-state index contributed by atoms with van der Waals surface area (Å²) >= 11 is 0. The maximum atomic E-state index is 13.9. The first kappa shape index (κ1) is 27.1. The van der Waals surface area contributed by atoms with Crippen LogP contribution < -0.4 is 9.47 Å². The van der Waals surface area contributed by atoms with E-state index >= 15 is 0 Å². The smallest absolute Gasteiger partial charge is 0.290 e. The van der Waals surface area contributed by atoms with Gasteiger partial charge in [-0.3, -0.25) is 9.59 Å². The molecule has 1 N–H and O–H groups in total. The van der Waals surface area contributed by atoms with Gasteiger partial charge in [-0.1, -0.05) is 74.4 Å². The van der Waals surface area contributed by atoms with Gasteiger partial charge in [-0.25, -0.2) is 0 Å². The van der Waals surface area contributed by atoms with E-state index in [9.17, 15) is 14.7 Å². The van der Waals surface area contributed by atoms with E-state index in [1.54, 1.807) is 31.4 Å². The summed E-state index contributed by atoms with van der Waals surface area (Å²) in [6, 6.07) is 23.3. The number of methoxy groups -OCH3 is 1. The molecule has 1 aromatic heterocycles. The van der Waals surface area contributed by atoms with Crippen molar-refractivity contribution in [3.63, 3.8) is 0 Å². The third-order valence-electron chi connectivity index (χ3n) is 7.19. The first-order valence-electron chi connectivity index (χ1n) is 13.6. The number of aliphatic hydroxyl groups is 1. The summed E-state index contributed by atoms with van der Waals surface area (Å²) in [5.74, 6) is -0.560. The van der Waals surface area contributed by atoms with Crippen LogP contribution in [-0.4, -0.2) is 42.0 Å². The number of nitrogens with zero attached hydrogens (tertiary/aromatic N) is 1. The topological polar surface area (TPSA) is 89.2 Å². The number of rotatable bonds is 12. The molecule has 4 aromatic rings. The van der Waals surface area contributed by atoms with Gasteiger partial charge in [-0.05, 0) is 48.2 Å². The molecule has 0 radical (unpaired) electrons. The van der Waals surface area contributed by atoms with Gasteiger partial charge in [0.05, 0.1) is 25.3 Å². The number of hydrogen-bond donors (Lipinski definition) is 1. The van der Waals surface area contributed by atoms with Crippen LogP contribution in [0.1, 0.15) is 53.9 Å². The zero-order valence-electron chi connectivity index (χ0n) is 22.8. The zero-order chi connectivity index (χ0) is 28.1. The monoisotopic (exact) mass is 539 g/mol. The van der Waals surface area contributed by atoms with Gasteiger partial charge in [0.25, 0.3) is 5.91 Å². The van der Waals surface area contributed by atoms with Crippen LogP contribution in [-0.2, 0) is 11.2 Å². The Hall–Kier alpha value is -4.52. The number of carbonyl (C=O) groups excluding carboxylic acids is 2. The van der Waals surface area contributed by atoms with E-state index in [4.69, 9.17) is 13.9 Å². The van der Waals surface area contributed by atoms with Crippen molar-refractivity contribution >= 4 is 22.7 Å². The predicted molar refractivity (Wildman–Crippen MR) is 153 cm³/mol. The fourth-order valence-corrected chi connectivity index (χ4v) is 5.09. The van der Waals surface area contributed by atoms with E-state index < -0.39 is 23.5 Å². The summed E-state index contributed by atoms with van der Waals surface area (Å²) in [6.07, 6.45) is 3.64. The summed E-state index contributed by atoms with van der Waals surface area (Å²) < 4.78 is 17.4. The second kappa shape index (κ2) is 12.1. The van der Waals surface area contributed by atoms with Crippen molar-refractivity contribution in [2.24, 2.45) is 0 Å². The molecule has 0 unspecified atom stereocenters. The first-order chi connectivity index (χ1) is 19.5. The molecule has 0 aliphatic carbocycles. The van der Waals surface area contributed by atoms with Crippen LogP contribution in [0.4, 0.5) is 0 Å². The van der Waals surface area contributed by atoms with Crippen LogP contribution in [0.25, 0.3) is 11.0 Å². The Morgan fingerprint density at radius 2 is 1.75 bits per heavy atom. The second-order valence-corrected chi connectivity index (χ2v) is 9.84. The van der Waals surface area contributed by atoms with Crippen LogP contribution in [0.2, 0.25) is 0 Å². The van der Waals surface area contributed by atoms with Crippen LogP contribution in [0.3, 0.4) is 0 Å². The minimum atomic E-state index is -0.833. The molecule has 5 rings (SSSR count). The van der Waals surface area contributed by atoms with Crippen LogP contribution in [0.5, 0.6) is 11.5 Å². The van der Waals surface area contributed by atoms with E-state index in [0.29, 0.717) is 42.2 Å². The minimum absolute atomic E-state index is 0.0178. The molecule has 1 amide bonds. The van der Waals surface area contributed by atoms with Gasteiger partial charge < -0.3 is 23.9 Å². The van der Waals surface area contributed by atoms with Crippen LogP contribution in [0.15, 0.2) is 94.6 Å². The molecule has 1 atom stereocenters. The molecule has 1 aliphatic rings. The Labute approximate surface area is 233 Å². The summed E-state index contributed by atoms with van der Waals surface area (Å²) in [4.78, 5) is 28.8. The van der Waals surface area contributed by atoms with Crippen molar-refractivity contribution in [1.29, 1.82) is 0 Å². The number of carbonyl (C=O) groups is 2. The van der Waals surface area contributed by atoms with Crippen LogP contribution >= 0.6 is 0 Å². The SMILES string of the molecule is CCCCCOc1ccc([C@@H]2C(C(=O)c3cc4ccccc4o3)=C(O)C(=O)N2CCc2ccccc2)cc1OC. The zero-order valence-corrected chi connectivity index (χ0v) is 22.8. The quantitative estimate of drug-likeness (QED) is 0.157. The number of benzene rings is 3. The molecule has 0 fully saturated rings. The lowest BCUT2D eigenvalue weighted by molar-refractivity contribution is -0.129. The highest BCUT2D eigenvalue weighted by atomic mass is 16.5. The van der Waals surface area contributed by atoms with Crippen molar-refractivity contribution in [1.82, 2.24) is 4.90 Å². The van der Waals surface area contributed by atoms with Crippen molar-refractivity contribution in [2.75, 3.05) is 20.3 Å². The number of aliphatic hydroxyl groups excluding tert-OH is 1. The largest absolute Gasteiger partial charge is 0.503 e. The second-order valence-electron chi connectivity index (χ2n) is 9.84. The van der Waals surface area contributed by atoms with Gasteiger partial charge in [-0.2, -0.15) is 0 Å². The van der Waals surface area contributed by atoms with Gasteiger partial charge in [0.1, 0.15) is 5.58 Å². The summed E-state index contributed by atoms with van der Waals surface area (Å²) in [5.41, 5.74) is 2.21. The normalized spacial score (nSPS) is 15.2. The molecular formula is C33H33NO6. The number of Topliss-reactive ketones (excluding diaryl/α,β-unsaturated/α-hetero) is 1.